The molecule has 2 saturated heterocycles. The fraction of sp³-hybridized carbons (Fsp3) is 0.524. The largest absolute Gasteiger partial charge is 0.493 e. The number of nitrogens with zero attached hydrogens (tertiary/aromatic N) is 5. The summed E-state index contributed by atoms with van der Waals surface area (Å²) in [5.41, 5.74) is 0.577. The molecule has 4 rings (SSSR count). The van der Waals surface area contributed by atoms with Crippen LogP contribution >= 0.6 is 0 Å². The molecule has 2 aliphatic rings. The average Bonchev–Trinajstić information content (AvgIpc) is 3.54. The molecule has 0 N–H and O–H groups in total. The zero-order valence-electron chi connectivity index (χ0n) is 17.7. The van der Waals surface area contributed by atoms with Crippen LogP contribution in [0.2, 0.25) is 0 Å². The minimum absolute atomic E-state index is 0.0157. The first-order valence-corrected chi connectivity index (χ1v) is 10.4. The van der Waals surface area contributed by atoms with Gasteiger partial charge in [-0.3, -0.25) is 9.59 Å². The third kappa shape index (κ3) is 4.19. The number of rotatable bonds is 6. The number of likely N-dealkylation sites (tertiary alicyclic amines) is 2. The number of para-hydroxylation sites is 1. The summed E-state index contributed by atoms with van der Waals surface area (Å²) in [6.07, 6.45) is 2.60. The molecule has 10 heteroatoms. The van der Waals surface area contributed by atoms with Gasteiger partial charge < -0.3 is 19.3 Å². The molecule has 0 aliphatic carbocycles. The van der Waals surface area contributed by atoms with Crippen molar-refractivity contribution < 1.29 is 23.5 Å². The minimum atomic E-state index is -1.14. The van der Waals surface area contributed by atoms with Crippen LogP contribution in [0.1, 0.15) is 40.1 Å². The number of alkyl halides is 1. The van der Waals surface area contributed by atoms with E-state index in [4.69, 9.17) is 9.47 Å². The van der Waals surface area contributed by atoms with Crippen LogP contribution in [0.5, 0.6) is 11.5 Å². The maximum Gasteiger partial charge on any atom is 0.276 e. The second kappa shape index (κ2) is 8.91. The Kier molecular flexibility index (Phi) is 6.06. The fourth-order valence-electron chi connectivity index (χ4n) is 4.28. The van der Waals surface area contributed by atoms with Crippen LogP contribution in [-0.4, -0.2) is 82.7 Å². The Morgan fingerprint density at radius 3 is 2.65 bits per heavy atom. The molecule has 2 unspecified atom stereocenters. The lowest BCUT2D eigenvalue weighted by molar-refractivity contribution is 0.0709. The number of hydrogen-bond acceptors (Lipinski definition) is 6. The lowest BCUT2D eigenvalue weighted by Gasteiger charge is -2.25. The van der Waals surface area contributed by atoms with Crippen molar-refractivity contribution in [2.24, 2.45) is 0 Å². The molecule has 3 heterocycles. The molecule has 1 aromatic heterocycles. The van der Waals surface area contributed by atoms with Gasteiger partial charge in [-0.25, -0.2) is 9.07 Å². The third-order valence-corrected chi connectivity index (χ3v) is 5.81. The molecular weight excluding hydrogens is 405 g/mol. The Labute approximate surface area is 179 Å². The molecule has 2 fully saturated rings. The van der Waals surface area contributed by atoms with Crippen LogP contribution in [0.3, 0.4) is 0 Å². The smallest absolute Gasteiger partial charge is 0.276 e. The maximum atomic E-state index is 14.3. The highest BCUT2D eigenvalue weighted by atomic mass is 19.1. The van der Waals surface area contributed by atoms with Crippen molar-refractivity contribution in [3.63, 3.8) is 0 Å². The number of carbonyl (C=O) groups excluding carboxylic acids is 2. The van der Waals surface area contributed by atoms with Gasteiger partial charge in [0.05, 0.1) is 45.1 Å². The first kappa shape index (κ1) is 21.1. The molecule has 0 radical (unpaired) electrons. The molecule has 2 aliphatic heterocycles. The van der Waals surface area contributed by atoms with Gasteiger partial charge in [0.1, 0.15) is 6.17 Å². The normalized spacial score (nSPS) is 20.9. The monoisotopic (exact) mass is 431 g/mol. The van der Waals surface area contributed by atoms with Gasteiger partial charge in [0.15, 0.2) is 17.2 Å². The standard InChI is InChI=1S/C21H26FN5O4/c1-30-18-7-5-6-16(19(18)31-2)20(28)27-11-14(22)10-15(27)12-26-13-17(23-24-26)21(29)25-8-3-4-9-25/h5-7,13-15H,3-4,8-12H2,1-2H3. The van der Waals surface area contributed by atoms with E-state index in [-0.39, 0.29) is 37.0 Å². The molecule has 2 aromatic rings. The van der Waals surface area contributed by atoms with Crippen molar-refractivity contribution in [2.75, 3.05) is 33.9 Å². The topological polar surface area (TPSA) is 89.8 Å². The van der Waals surface area contributed by atoms with Crippen LogP contribution in [0.15, 0.2) is 24.4 Å². The van der Waals surface area contributed by atoms with Crippen LogP contribution in [0.4, 0.5) is 4.39 Å². The van der Waals surface area contributed by atoms with Gasteiger partial charge in [-0.1, -0.05) is 11.3 Å². The van der Waals surface area contributed by atoms with Crippen LogP contribution in [0.25, 0.3) is 0 Å². The van der Waals surface area contributed by atoms with E-state index in [1.807, 2.05) is 0 Å². The Morgan fingerprint density at radius 1 is 1.16 bits per heavy atom. The van der Waals surface area contributed by atoms with E-state index in [1.165, 1.54) is 23.8 Å². The Bertz CT molecular complexity index is 959. The van der Waals surface area contributed by atoms with Crippen molar-refractivity contribution >= 4 is 11.8 Å². The summed E-state index contributed by atoms with van der Waals surface area (Å²) in [4.78, 5) is 29.0. The molecule has 1 aromatic carbocycles. The molecule has 166 valence electrons. The quantitative estimate of drug-likeness (QED) is 0.693. The minimum Gasteiger partial charge on any atom is -0.493 e. The van der Waals surface area contributed by atoms with Crippen LogP contribution < -0.4 is 9.47 Å². The lowest BCUT2D eigenvalue weighted by Crippen LogP contribution is -2.38. The fourth-order valence-corrected chi connectivity index (χ4v) is 4.28. The van der Waals surface area contributed by atoms with Crippen molar-refractivity contribution in [3.05, 3.63) is 35.7 Å². The summed E-state index contributed by atoms with van der Waals surface area (Å²) in [5, 5.41) is 8.03. The summed E-state index contributed by atoms with van der Waals surface area (Å²) in [7, 11) is 2.95. The number of aromatic nitrogens is 3. The second-order valence-corrected chi connectivity index (χ2v) is 7.81. The first-order chi connectivity index (χ1) is 15.0. The van der Waals surface area contributed by atoms with Gasteiger partial charge in [-0.2, -0.15) is 0 Å². The summed E-state index contributed by atoms with van der Waals surface area (Å²) in [6, 6.07) is 4.60. The van der Waals surface area contributed by atoms with Crippen molar-refractivity contribution in [3.8, 4) is 11.5 Å². The van der Waals surface area contributed by atoms with E-state index in [0.29, 0.717) is 17.1 Å². The predicted molar refractivity (Wildman–Crippen MR) is 109 cm³/mol. The SMILES string of the molecule is COc1cccc(C(=O)N2CC(F)CC2Cn2cc(C(=O)N3CCCC3)nn2)c1OC. The van der Waals surface area contributed by atoms with Crippen LogP contribution in [-0.2, 0) is 6.54 Å². The third-order valence-electron chi connectivity index (χ3n) is 5.81. The van der Waals surface area contributed by atoms with Gasteiger partial charge in [-0.05, 0) is 25.0 Å². The highest BCUT2D eigenvalue weighted by Crippen LogP contribution is 2.33. The van der Waals surface area contributed by atoms with Crippen molar-refractivity contribution in [2.45, 2.75) is 38.0 Å². The molecule has 31 heavy (non-hydrogen) atoms. The first-order valence-electron chi connectivity index (χ1n) is 10.4. The lowest BCUT2D eigenvalue weighted by atomic mass is 10.1. The summed E-state index contributed by atoms with van der Waals surface area (Å²) >= 11 is 0. The zero-order chi connectivity index (χ0) is 22.0. The highest BCUT2D eigenvalue weighted by molar-refractivity contribution is 5.98. The maximum absolute atomic E-state index is 14.3. The van der Waals surface area contributed by atoms with E-state index in [9.17, 15) is 14.0 Å². The van der Waals surface area contributed by atoms with E-state index < -0.39 is 12.2 Å². The summed E-state index contributed by atoms with van der Waals surface area (Å²) in [5.74, 6) is 0.263. The van der Waals surface area contributed by atoms with Gasteiger partial charge in [-0.15, -0.1) is 5.10 Å². The Morgan fingerprint density at radius 2 is 1.94 bits per heavy atom. The molecule has 2 amide bonds. The Balaban J connectivity index is 1.51. The number of hydrogen-bond donors (Lipinski definition) is 0. The van der Waals surface area contributed by atoms with Gasteiger partial charge in [0, 0.05) is 19.5 Å². The van der Waals surface area contributed by atoms with Crippen LogP contribution in [0, 0.1) is 0 Å². The zero-order valence-corrected chi connectivity index (χ0v) is 17.7. The molecule has 2 atom stereocenters. The average molecular weight is 431 g/mol. The van der Waals surface area contributed by atoms with Gasteiger partial charge >= 0.3 is 0 Å². The molecule has 0 saturated carbocycles. The number of carbonyl (C=O) groups is 2. The highest BCUT2D eigenvalue weighted by Gasteiger charge is 2.37. The van der Waals surface area contributed by atoms with Crippen molar-refractivity contribution in [1.82, 2.24) is 24.8 Å². The number of methoxy groups -OCH3 is 2. The number of halogens is 1. The summed E-state index contributed by atoms with van der Waals surface area (Å²) in [6.45, 7) is 1.68. The van der Waals surface area contributed by atoms with Gasteiger partial charge in [0.2, 0.25) is 0 Å². The molecular formula is C21H26FN5O4. The number of ether oxygens (including phenoxy) is 2. The predicted octanol–water partition coefficient (Wildman–Crippen LogP) is 1.78. The molecule has 0 spiro atoms. The van der Waals surface area contributed by atoms with Gasteiger partial charge in [0.25, 0.3) is 11.8 Å². The van der Waals surface area contributed by atoms with E-state index in [2.05, 4.69) is 10.3 Å². The number of benzene rings is 1. The Hall–Kier alpha value is -3.17. The molecule has 0 bridgehead atoms. The van der Waals surface area contributed by atoms with E-state index >= 15 is 0 Å². The second-order valence-electron chi connectivity index (χ2n) is 7.81. The molecule has 9 nitrogen and oxygen atoms in total. The van der Waals surface area contributed by atoms with Crippen molar-refractivity contribution in [1.29, 1.82) is 0 Å². The van der Waals surface area contributed by atoms with E-state index in [1.54, 1.807) is 29.3 Å². The van der Waals surface area contributed by atoms with E-state index in [0.717, 1.165) is 25.9 Å². The summed E-state index contributed by atoms with van der Waals surface area (Å²) < 4.78 is 26.5. The number of amides is 2.